The minimum atomic E-state index is -0.927. The Kier molecular flexibility index (Phi) is 4.07. The second-order valence-corrected chi connectivity index (χ2v) is 5.66. The van der Waals surface area contributed by atoms with Gasteiger partial charge < -0.3 is 9.88 Å². The smallest absolute Gasteiger partial charge is 0.261 e. The number of hydrogen-bond acceptors (Lipinski definition) is 2. The summed E-state index contributed by atoms with van der Waals surface area (Å²) in [4.78, 5) is 24.9. The molecule has 3 rings (SSSR count). The first-order chi connectivity index (χ1) is 11.4. The predicted molar refractivity (Wildman–Crippen MR) is 88.5 cm³/mol. The predicted octanol–water partition coefficient (Wildman–Crippen LogP) is 3.72. The molecule has 1 heterocycles. The number of aromatic nitrogens is 1. The van der Waals surface area contributed by atoms with Crippen LogP contribution in [0.15, 0.2) is 47.4 Å². The van der Waals surface area contributed by atoms with Crippen LogP contribution in [-0.4, -0.2) is 10.5 Å². The highest BCUT2D eigenvalue weighted by molar-refractivity contribution is 6.31. The zero-order chi connectivity index (χ0) is 17.4. The number of carbonyl (C=O) groups excluding carboxylic acids is 1. The van der Waals surface area contributed by atoms with Crippen molar-refractivity contribution >= 4 is 34.1 Å². The molecule has 1 N–H and O–H groups in total. The second kappa shape index (κ2) is 6.05. The number of carbonyl (C=O) groups is 1. The summed E-state index contributed by atoms with van der Waals surface area (Å²) in [6, 6.07) is 7.52. The molecule has 24 heavy (non-hydrogen) atoms. The van der Waals surface area contributed by atoms with Crippen molar-refractivity contribution in [3.63, 3.8) is 0 Å². The van der Waals surface area contributed by atoms with Crippen molar-refractivity contribution in [2.45, 2.75) is 0 Å². The molecule has 0 fully saturated rings. The van der Waals surface area contributed by atoms with Crippen LogP contribution in [0, 0.1) is 11.6 Å². The molecule has 0 spiro atoms. The number of rotatable bonds is 2. The molecule has 1 aromatic heterocycles. The molecule has 0 saturated heterocycles. The average molecular weight is 349 g/mol. The van der Waals surface area contributed by atoms with Crippen molar-refractivity contribution in [1.29, 1.82) is 0 Å². The lowest BCUT2D eigenvalue weighted by atomic mass is 10.1. The van der Waals surface area contributed by atoms with E-state index in [9.17, 15) is 18.4 Å². The highest BCUT2D eigenvalue weighted by Crippen LogP contribution is 2.18. The van der Waals surface area contributed by atoms with Gasteiger partial charge >= 0.3 is 0 Å². The third kappa shape index (κ3) is 2.88. The van der Waals surface area contributed by atoms with Crippen LogP contribution in [0.1, 0.15) is 10.4 Å². The van der Waals surface area contributed by atoms with E-state index in [1.54, 1.807) is 23.7 Å². The molecule has 3 aromatic rings. The van der Waals surface area contributed by atoms with Crippen LogP contribution in [0.4, 0.5) is 14.5 Å². The first kappa shape index (κ1) is 16.1. The molecule has 0 aliphatic carbocycles. The Morgan fingerprint density at radius 2 is 1.92 bits per heavy atom. The van der Waals surface area contributed by atoms with E-state index in [0.717, 1.165) is 12.1 Å². The van der Waals surface area contributed by atoms with Gasteiger partial charge in [-0.15, -0.1) is 0 Å². The lowest BCUT2D eigenvalue weighted by Crippen LogP contribution is -2.23. The minimum absolute atomic E-state index is 0.170. The Morgan fingerprint density at radius 3 is 2.62 bits per heavy atom. The molecule has 2 aromatic carbocycles. The summed E-state index contributed by atoms with van der Waals surface area (Å²) in [6.45, 7) is 0. The second-order valence-electron chi connectivity index (χ2n) is 5.22. The number of amides is 1. The standard InChI is InChI=1S/C17H11ClF2N2O2/c1-22-8-12(16(23)11-6-9(18)2-5-15(11)22)17(24)21-14-4-3-10(19)7-13(14)20/h2-8H,1H3,(H,21,24). The number of halogens is 3. The fraction of sp³-hybridized carbons (Fsp3) is 0.0588. The SMILES string of the molecule is Cn1cc(C(=O)Nc2ccc(F)cc2F)c(=O)c2cc(Cl)ccc21. The highest BCUT2D eigenvalue weighted by Gasteiger charge is 2.16. The number of hydrogen-bond donors (Lipinski definition) is 1. The van der Waals surface area contributed by atoms with Gasteiger partial charge in [-0.25, -0.2) is 8.78 Å². The van der Waals surface area contributed by atoms with Crippen molar-refractivity contribution < 1.29 is 13.6 Å². The maximum Gasteiger partial charge on any atom is 0.261 e. The van der Waals surface area contributed by atoms with Gasteiger partial charge in [-0.05, 0) is 30.3 Å². The highest BCUT2D eigenvalue weighted by atomic mass is 35.5. The lowest BCUT2D eigenvalue weighted by Gasteiger charge is -2.10. The van der Waals surface area contributed by atoms with Gasteiger partial charge in [-0.3, -0.25) is 9.59 Å². The monoisotopic (exact) mass is 348 g/mol. The zero-order valence-corrected chi connectivity index (χ0v) is 13.2. The molecule has 4 nitrogen and oxygen atoms in total. The molecule has 0 saturated carbocycles. The van der Waals surface area contributed by atoms with Crippen molar-refractivity contribution in [2.75, 3.05) is 5.32 Å². The summed E-state index contributed by atoms with van der Waals surface area (Å²) in [5.74, 6) is -2.48. The van der Waals surface area contributed by atoms with E-state index in [4.69, 9.17) is 11.6 Å². The summed E-state index contributed by atoms with van der Waals surface area (Å²) in [5.41, 5.74) is -0.301. The first-order valence-electron chi connectivity index (χ1n) is 6.92. The molecule has 122 valence electrons. The van der Waals surface area contributed by atoms with Crippen LogP contribution in [0.25, 0.3) is 10.9 Å². The summed E-state index contributed by atoms with van der Waals surface area (Å²) in [7, 11) is 1.67. The van der Waals surface area contributed by atoms with Gasteiger partial charge in [0, 0.05) is 29.7 Å². The van der Waals surface area contributed by atoms with Crippen LogP contribution in [0.3, 0.4) is 0 Å². The molecule has 0 unspecified atom stereocenters. The van der Waals surface area contributed by atoms with Gasteiger partial charge in [0.15, 0.2) is 0 Å². The van der Waals surface area contributed by atoms with Crippen molar-refractivity contribution in [2.24, 2.45) is 7.05 Å². The van der Waals surface area contributed by atoms with Gasteiger partial charge in [0.25, 0.3) is 5.91 Å². The van der Waals surface area contributed by atoms with Crippen molar-refractivity contribution in [1.82, 2.24) is 4.57 Å². The molecule has 0 bridgehead atoms. The number of benzene rings is 2. The van der Waals surface area contributed by atoms with E-state index >= 15 is 0 Å². The lowest BCUT2D eigenvalue weighted by molar-refractivity contribution is 0.102. The Bertz CT molecular complexity index is 1030. The van der Waals surface area contributed by atoms with Gasteiger partial charge in [0.1, 0.15) is 17.2 Å². The number of nitrogens with one attached hydrogen (secondary N) is 1. The van der Waals surface area contributed by atoms with Crippen LogP contribution in [0.2, 0.25) is 5.02 Å². The molecule has 7 heteroatoms. The molecule has 0 aliphatic rings. The molecule has 0 atom stereocenters. The van der Waals surface area contributed by atoms with E-state index in [-0.39, 0.29) is 16.6 Å². The fourth-order valence-corrected chi connectivity index (χ4v) is 2.58. The van der Waals surface area contributed by atoms with Gasteiger partial charge in [-0.2, -0.15) is 0 Å². The van der Waals surface area contributed by atoms with E-state index in [1.807, 2.05) is 0 Å². The third-order valence-corrected chi connectivity index (χ3v) is 3.81. The quantitative estimate of drug-likeness (QED) is 0.767. The molecule has 1 amide bonds. The molecule has 0 aliphatic heterocycles. The molecule has 0 radical (unpaired) electrons. The fourth-order valence-electron chi connectivity index (χ4n) is 2.41. The first-order valence-corrected chi connectivity index (χ1v) is 7.30. The summed E-state index contributed by atoms with van der Waals surface area (Å²) >= 11 is 5.91. The summed E-state index contributed by atoms with van der Waals surface area (Å²) in [5, 5.41) is 2.91. The maximum absolute atomic E-state index is 13.7. The van der Waals surface area contributed by atoms with E-state index in [2.05, 4.69) is 5.32 Å². The summed E-state index contributed by atoms with van der Waals surface area (Å²) in [6.07, 6.45) is 1.36. The van der Waals surface area contributed by atoms with Crippen molar-refractivity contribution in [3.05, 3.63) is 75.0 Å². The van der Waals surface area contributed by atoms with E-state index in [1.165, 1.54) is 12.3 Å². The normalized spacial score (nSPS) is 10.8. The Balaban J connectivity index is 2.07. The van der Waals surface area contributed by atoms with Crippen LogP contribution < -0.4 is 10.7 Å². The average Bonchev–Trinajstić information content (AvgIpc) is 2.53. The van der Waals surface area contributed by atoms with Crippen molar-refractivity contribution in [3.8, 4) is 0 Å². The number of pyridine rings is 1. The number of anilines is 1. The van der Waals surface area contributed by atoms with Crippen LogP contribution >= 0.6 is 11.6 Å². The van der Waals surface area contributed by atoms with Gasteiger partial charge in [-0.1, -0.05) is 11.6 Å². The Morgan fingerprint density at radius 1 is 1.17 bits per heavy atom. The van der Waals surface area contributed by atoms with Gasteiger partial charge in [0.05, 0.1) is 11.2 Å². The topological polar surface area (TPSA) is 51.1 Å². The zero-order valence-electron chi connectivity index (χ0n) is 12.4. The summed E-state index contributed by atoms with van der Waals surface area (Å²) < 4.78 is 28.2. The van der Waals surface area contributed by atoms with Crippen LogP contribution in [0.5, 0.6) is 0 Å². The van der Waals surface area contributed by atoms with E-state index in [0.29, 0.717) is 16.6 Å². The number of nitrogens with zero attached hydrogens (tertiary/aromatic N) is 1. The minimum Gasteiger partial charge on any atom is -0.350 e. The van der Waals surface area contributed by atoms with Gasteiger partial charge in [0.2, 0.25) is 5.43 Å². The van der Waals surface area contributed by atoms with Crippen LogP contribution in [-0.2, 0) is 7.05 Å². The Labute approximate surface area is 140 Å². The molecular formula is C17H11ClF2N2O2. The Hall–Kier alpha value is -2.73. The largest absolute Gasteiger partial charge is 0.350 e. The molecular weight excluding hydrogens is 338 g/mol. The number of aryl methyl sites for hydroxylation is 1. The number of fused-ring (bicyclic) bond motifs is 1. The third-order valence-electron chi connectivity index (χ3n) is 3.57. The van der Waals surface area contributed by atoms with E-state index < -0.39 is 23.0 Å². The maximum atomic E-state index is 13.7.